The molecule has 0 saturated heterocycles. The lowest BCUT2D eigenvalue weighted by Crippen LogP contribution is -2.21. The highest BCUT2D eigenvalue weighted by Gasteiger charge is 2.06. The first-order valence-corrected chi connectivity index (χ1v) is 7.32. The molecule has 1 aromatic heterocycles. The molecule has 1 aromatic rings. The quantitative estimate of drug-likeness (QED) is 0.836. The van der Waals surface area contributed by atoms with Crippen LogP contribution in [0, 0.1) is 5.92 Å². The van der Waals surface area contributed by atoms with Gasteiger partial charge in [0.2, 0.25) is 0 Å². The highest BCUT2D eigenvalue weighted by Crippen LogP contribution is 2.28. The van der Waals surface area contributed by atoms with E-state index in [4.69, 9.17) is 23.2 Å². The Labute approximate surface area is 117 Å². The summed E-state index contributed by atoms with van der Waals surface area (Å²) >= 11 is 13.2. The lowest BCUT2D eigenvalue weighted by atomic mass is 10.1. The summed E-state index contributed by atoms with van der Waals surface area (Å²) in [6.07, 6.45) is 3.08. The Morgan fingerprint density at radius 2 is 2.18 bits per heavy atom. The average molecular weight is 293 g/mol. The summed E-state index contributed by atoms with van der Waals surface area (Å²) in [6, 6.07) is 0. The van der Waals surface area contributed by atoms with Gasteiger partial charge in [0.15, 0.2) is 4.47 Å². The maximum atomic E-state index is 5.98. The molecule has 0 aliphatic heterocycles. The van der Waals surface area contributed by atoms with Crippen molar-refractivity contribution in [3.8, 4) is 0 Å². The predicted octanol–water partition coefficient (Wildman–Crippen LogP) is 4.49. The zero-order chi connectivity index (χ0) is 12.8. The monoisotopic (exact) mass is 292 g/mol. The molecule has 0 bridgehead atoms. The van der Waals surface area contributed by atoms with E-state index in [0.29, 0.717) is 15.5 Å². The van der Waals surface area contributed by atoms with E-state index < -0.39 is 0 Å². The second-order valence-corrected chi connectivity index (χ2v) is 6.27. The number of rotatable bonds is 6. The minimum Gasteiger partial charge on any atom is -0.313 e. The van der Waals surface area contributed by atoms with Gasteiger partial charge in [0.05, 0.1) is 4.88 Å². The Kier molecular flexibility index (Phi) is 6.49. The molecule has 0 aliphatic carbocycles. The van der Waals surface area contributed by atoms with Gasteiger partial charge in [0.25, 0.3) is 0 Å². The molecule has 1 rings (SSSR count). The van der Waals surface area contributed by atoms with E-state index in [1.165, 1.54) is 16.9 Å². The zero-order valence-corrected chi connectivity index (χ0v) is 12.7. The van der Waals surface area contributed by atoms with Gasteiger partial charge < -0.3 is 5.32 Å². The first-order valence-electron chi connectivity index (χ1n) is 5.75. The Morgan fingerprint density at radius 1 is 1.47 bits per heavy atom. The van der Waals surface area contributed by atoms with Crippen molar-refractivity contribution in [1.29, 1.82) is 0 Å². The van der Waals surface area contributed by atoms with E-state index in [-0.39, 0.29) is 0 Å². The standard InChI is InChI=1S/C12H18Cl2N2S/c1-4-9(7-15-6-8(2)3)5-10-11(13)16-12(14)17-10/h5,8,15H,4,6-7H2,1-3H3. The van der Waals surface area contributed by atoms with E-state index in [9.17, 15) is 0 Å². The number of hydrogen-bond donors (Lipinski definition) is 1. The summed E-state index contributed by atoms with van der Waals surface area (Å²) in [5, 5.41) is 3.92. The van der Waals surface area contributed by atoms with Crippen LogP contribution >= 0.6 is 34.5 Å². The molecule has 96 valence electrons. The molecule has 2 nitrogen and oxygen atoms in total. The van der Waals surface area contributed by atoms with Crippen LogP contribution in [-0.4, -0.2) is 18.1 Å². The van der Waals surface area contributed by atoms with Gasteiger partial charge in [0.1, 0.15) is 5.15 Å². The van der Waals surface area contributed by atoms with Crippen LogP contribution in [0.5, 0.6) is 0 Å². The summed E-state index contributed by atoms with van der Waals surface area (Å²) in [5.74, 6) is 0.662. The van der Waals surface area contributed by atoms with Crippen LogP contribution in [-0.2, 0) is 0 Å². The molecule has 17 heavy (non-hydrogen) atoms. The van der Waals surface area contributed by atoms with Crippen LogP contribution in [0.4, 0.5) is 0 Å². The molecule has 0 aliphatic rings. The smallest absolute Gasteiger partial charge is 0.185 e. The zero-order valence-electron chi connectivity index (χ0n) is 10.4. The topological polar surface area (TPSA) is 24.9 Å². The lowest BCUT2D eigenvalue weighted by molar-refractivity contribution is 0.569. The van der Waals surface area contributed by atoms with Crippen molar-refractivity contribution in [3.05, 3.63) is 20.1 Å². The molecule has 0 radical (unpaired) electrons. The summed E-state index contributed by atoms with van der Waals surface area (Å²) in [5.41, 5.74) is 1.31. The first kappa shape index (κ1) is 15.0. The molecule has 0 spiro atoms. The average Bonchev–Trinajstić information content (AvgIpc) is 2.55. The van der Waals surface area contributed by atoms with Crippen molar-refractivity contribution in [2.45, 2.75) is 27.2 Å². The highest BCUT2D eigenvalue weighted by atomic mass is 35.5. The van der Waals surface area contributed by atoms with Gasteiger partial charge >= 0.3 is 0 Å². The van der Waals surface area contributed by atoms with Crippen molar-refractivity contribution >= 4 is 40.6 Å². The largest absolute Gasteiger partial charge is 0.313 e. The molecule has 5 heteroatoms. The fraction of sp³-hybridized carbons (Fsp3) is 0.583. The predicted molar refractivity (Wildman–Crippen MR) is 78.1 cm³/mol. The van der Waals surface area contributed by atoms with Crippen LogP contribution in [0.1, 0.15) is 32.1 Å². The summed E-state index contributed by atoms with van der Waals surface area (Å²) in [4.78, 5) is 4.94. The van der Waals surface area contributed by atoms with Gasteiger partial charge in [-0.05, 0) is 25.0 Å². The Balaban J connectivity index is 2.63. The molecular weight excluding hydrogens is 275 g/mol. The van der Waals surface area contributed by atoms with Gasteiger partial charge in [-0.3, -0.25) is 0 Å². The van der Waals surface area contributed by atoms with Crippen LogP contribution in [0.3, 0.4) is 0 Å². The van der Waals surface area contributed by atoms with E-state index in [0.717, 1.165) is 24.4 Å². The molecule has 0 fully saturated rings. The van der Waals surface area contributed by atoms with Crippen molar-refractivity contribution in [2.75, 3.05) is 13.1 Å². The molecule has 0 atom stereocenters. The SMILES string of the molecule is CCC(=Cc1sc(Cl)nc1Cl)CNCC(C)C. The number of aromatic nitrogens is 1. The molecular formula is C12H18Cl2N2S. The normalized spacial score (nSPS) is 12.5. The van der Waals surface area contributed by atoms with E-state index in [1.54, 1.807) is 0 Å². The second-order valence-electron chi connectivity index (χ2n) is 4.30. The summed E-state index contributed by atoms with van der Waals surface area (Å²) < 4.78 is 0.492. The number of thiazole rings is 1. The number of hydrogen-bond acceptors (Lipinski definition) is 3. The minimum atomic E-state index is 0.492. The van der Waals surface area contributed by atoms with Gasteiger partial charge in [-0.25, -0.2) is 4.98 Å². The third kappa shape index (κ3) is 5.38. The van der Waals surface area contributed by atoms with Crippen LogP contribution < -0.4 is 5.32 Å². The molecule has 0 unspecified atom stereocenters. The van der Waals surface area contributed by atoms with Gasteiger partial charge in [0, 0.05) is 6.54 Å². The molecule has 0 saturated carbocycles. The van der Waals surface area contributed by atoms with Crippen LogP contribution in [0.15, 0.2) is 5.57 Å². The summed E-state index contributed by atoms with van der Waals surface area (Å²) in [7, 11) is 0. The van der Waals surface area contributed by atoms with E-state index in [2.05, 4.69) is 37.1 Å². The Hall–Kier alpha value is -0.0900. The van der Waals surface area contributed by atoms with Gasteiger partial charge in [-0.1, -0.05) is 49.5 Å². The first-order chi connectivity index (χ1) is 8.02. The van der Waals surface area contributed by atoms with Gasteiger partial charge in [-0.2, -0.15) is 0 Å². The Bertz CT molecular complexity index is 386. The second kappa shape index (κ2) is 7.37. The number of halogens is 2. The van der Waals surface area contributed by atoms with E-state index >= 15 is 0 Å². The van der Waals surface area contributed by atoms with Crippen LogP contribution in [0.25, 0.3) is 6.08 Å². The number of nitrogens with zero attached hydrogens (tertiary/aromatic N) is 1. The molecule has 1 heterocycles. The van der Waals surface area contributed by atoms with Crippen molar-refractivity contribution < 1.29 is 0 Å². The van der Waals surface area contributed by atoms with Crippen molar-refractivity contribution in [3.63, 3.8) is 0 Å². The summed E-state index contributed by atoms with van der Waals surface area (Å²) in [6.45, 7) is 8.44. The van der Waals surface area contributed by atoms with Gasteiger partial charge in [-0.15, -0.1) is 11.3 Å². The fourth-order valence-electron chi connectivity index (χ4n) is 1.36. The highest BCUT2D eigenvalue weighted by molar-refractivity contribution is 7.17. The minimum absolute atomic E-state index is 0.492. The number of nitrogens with one attached hydrogen (secondary N) is 1. The van der Waals surface area contributed by atoms with Crippen molar-refractivity contribution in [1.82, 2.24) is 10.3 Å². The van der Waals surface area contributed by atoms with E-state index in [1.807, 2.05) is 0 Å². The fourth-order valence-corrected chi connectivity index (χ4v) is 2.72. The molecule has 0 amide bonds. The molecule has 1 N–H and O–H groups in total. The van der Waals surface area contributed by atoms with Crippen molar-refractivity contribution in [2.24, 2.45) is 5.92 Å². The van der Waals surface area contributed by atoms with Crippen LogP contribution in [0.2, 0.25) is 9.62 Å². The molecule has 0 aromatic carbocycles. The lowest BCUT2D eigenvalue weighted by Gasteiger charge is -2.09. The third-order valence-corrected chi connectivity index (χ3v) is 3.78. The third-order valence-electron chi connectivity index (χ3n) is 2.28. The maximum absolute atomic E-state index is 5.98. The maximum Gasteiger partial charge on any atom is 0.185 e. The Morgan fingerprint density at radius 3 is 2.65 bits per heavy atom.